The third-order valence-corrected chi connectivity index (χ3v) is 4.90. The van der Waals surface area contributed by atoms with E-state index >= 15 is 0 Å². The predicted molar refractivity (Wildman–Crippen MR) is 96.8 cm³/mol. The van der Waals surface area contributed by atoms with E-state index in [2.05, 4.69) is 29.6 Å². The van der Waals surface area contributed by atoms with Gasteiger partial charge in [0.1, 0.15) is 0 Å². The van der Waals surface area contributed by atoms with Crippen molar-refractivity contribution in [1.82, 2.24) is 0 Å². The van der Waals surface area contributed by atoms with Crippen molar-refractivity contribution in [2.75, 3.05) is 5.32 Å². The number of nitrogens with one attached hydrogen (secondary N) is 1. The maximum atomic E-state index is 12.8. The molecule has 1 atom stereocenters. The minimum atomic E-state index is -0.207. The third kappa shape index (κ3) is 2.50. The summed E-state index contributed by atoms with van der Waals surface area (Å²) in [6.07, 6.45) is 0.847. The molecule has 1 saturated carbocycles. The molecule has 1 unspecified atom stereocenters. The second-order valence-corrected chi connectivity index (χ2v) is 6.32. The molecule has 24 heavy (non-hydrogen) atoms. The Bertz CT molecular complexity index is 788. The van der Waals surface area contributed by atoms with Crippen molar-refractivity contribution in [2.24, 2.45) is 5.92 Å². The van der Waals surface area contributed by atoms with E-state index < -0.39 is 0 Å². The van der Waals surface area contributed by atoms with Crippen molar-refractivity contribution < 1.29 is 4.79 Å². The maximum Gasteiger partial charge on any atom is 0.228 e. The summed E-state index contributed by atoms with van der Waals surface area (Å²) in [6, 6.07) is 30.4. The smallest absolute Gasteiger partial charge is 0.228 e. The molecule has 118 valence electrons. The van der Waals surface area contributed by atoms with Gasteiger partial charge in [-0.15, -0.1) is 0 Å². The highest BCUT2D eigenvalue weighted by atomic mass is 16.2. The molecule has 4 rings (SSSR count). The van der Waals surface area contributed by atoms with Gasteiger partial charge in [-0.25, -0.2) is 0 Å². The van der Waals surface area contributed by atoms with Crippen molar-refractivity contribution in [3.05, 3.63) is 102 Å². The Morgan fingerprint density at radius 1 is 0.750 bits per heavy atom. The molecule has 0 saturated heterocycles. The van der Waals surface area contributed by atoms with Crippen LogP contribution in [0.3, 0.4) is 0 Å². The molecule has 3 aromatic carbocycles. The molecule has 3 aromatic rings. The molecule has 1 aliphatic carbocycles. The monoisotopic (exact) mass is 313 g/mol. The fourth-order valence-corrected chi connectivity index (χ4v) is 3.61. The Hall–Kier alpha value is -2.87. The molecular weight excluding hydrogens is 294 g/mol. The highest BCUT2D eigenvalue weighted by Gasteiger charge is 2.60. The van der Waals surface area contributed by atoms with E-state index in [1.807, 2.05) is 66.7 Å². The van der Waals surface area contributed by atoms with Crippen LogP contribution in [0.2, 0.25) is 0 Å². The lowest BCUT2D eigenvalue weighted by Crippen LogP contribution is -2.22. The van der Waals surface area contributed by atoms with Gasteiger partial charge >= 0.3 is 0 Å². The maximum absolute atomic E-state index is 12.8. The first-order valence-corrected chi connectivity index (χ1v) is 8.28. The van der Waals surface area contributed by atoms with E-state index in [1.165, 1.54) is 11.1 Å². The Balaban J connectivity index is 1.66. The normalized spacial score (nSPS) is 17.9. The van der Waals surface area contributed by atoms with Crippen LogP contribution in [0.5, 0.6) is 0 Å². The number of amides is 1. The summed E-state index contributed by atoms with van der Waals surface area (Å²) in [4.78, 5) is 12.8. The average Bonchev–Trinajstić information content (AvgIpc) is 3.41. The molecule has 2 heteroatoms. The quantitative estimate of drug-likeness (QED) is 0.747. The molecule has 1 fully saturated rings. The molecule has 1 amide bonds. The number of rotatable bonds is 4. The van der Waals surface area contributed by atoms with Gasteiger partial charge < -0.3 is 5.32 Å². The molecule has 0 spiro atoms. The zero-order chi connectivity index (χ0) is 16.4. The number of para-hydroxylation sites is 1. The molecule has 2 nitrogen and oxygen atoms in total. The van der Waals surface area contributed by atoms with Crippen LogP contribution in [0.25, 0.3) is 0 Å². The number of hydrogen-bond acceptors (Lipinski definition) is 1. The molecule has 0 heterocycles. The fraction of sp³-hybridized carbons (Fsp3) is 0.136. The van der Waals surface area contributed by atoms with Crippen molar-refractivity contribution in [3.63, 3.8) is 0 Å². The van der Waals surface area contributed by atoms with E-state index in [0.29, 0.717) is 0 Å². The van der Waals surface area contributed by atoms with Gasteiger partial charge in [-0.3, -0.25) is 4.79 Å². The van der Waals surface area contributed by atoms with E-state index in [-0.39, 0.29) is 17.2 Å². The molecule has 1 N–H and O–H groups in total. The van der Waals surface area contributed by atoms with Crippen LogP contribution in [0.1, 0.15) is 17.5 Å². The van der Waals surface area contributed by atoms with Crippen LogP contribution in [0.4, 0.5) is 5.69 Å². The van der Waals surface area contributed by atoms with E-state index in [4.69, 9.17) is 0 Å². The Morgan fingerprint density at radius 2 is 1.21 bits per heavy atom. The summed E-state index contributed by atoms with van der Waals surface area (Å²) in [5.74, 6) is 0.0522. The van der Waals surface area contributed by atoms with Crippen LogP contribution in [-0.2, 0) is 10.2 Å². The van der Waals surface area contributed by atoms with Crippen LogP contribution in [0, 0.1) is 5.92 Å². The minimum absolute atomic E-state index is 0.0393. The van der Waals surface area contributed by atoms with Crippen molar-refractivity contribution in [2.45, 2.75) is 11.8 Å². The summed E-state index contributed by atoms with van der Waals surface area (Å²) < 4.78 is 0. The van der Waals surface area contributed by atoms with Gasteiger partial charge in [-0.1, -0.05) is 78.9 Å². The highest BCUT2D eigenvalue weighted by Crippen LogP contribution is 2.59. The first-order valence-electron chi connectivity index (χ1n) is 8.28. The number of anilines is 1. The van der Waals surface area contributed by atoms with Gasteiger partial charge in [0.25, 0.3) is 0 Å². The lowest BCUT2D eigenvalue weighted by Gasteiger charge is -2.19. The topological polar surface area (TPSA) is 29.1 Å². The van der Waals surface area contributed by atoms with Crippen LogP contribution in [-0.4, -0.2) is 5.91 Å². The SMILES string of the molecule is O=C(Nc1ccccc1)C1CC1(c1ccccc1)c1ccccc1. The average molecular weight is 313 g/mol. The Kier molecular flexibility index (Phi) is 3.66. The molecule has 1 aliphatic rings. The van der Waals surface area contributed by atoms with E-state index in [0.717, 1.165) is 12.1 Å². The lowest BCUT2D eigenvalue weighted by molar-refractivity contribution is -0.117. The standard InChI is InChI=1S/C22H19NO/c24-21(23-19-14-8-3-9-15-19)20-16-22(20,17-10-4-1-5-11-17)18-12-6-2-7-13-18/h1-15,20H,16H2,(H,23,24). The van der Waals surface area contributed by atoms with E-state index in [1.54, 1.807) is 0 Å². The third-order valence-electron chi connectivity index (χ3n) is 4.90. The van der Waals surface area contributed by atoms with Crippen molar-refractivity contribution in [1.29, 1.82) is 0 Å². The second-order valence-electron chi connectivity index (χ2n) is 6.32. The zero-order valence-electron chi connectivity index (χ0n) is 13.4. The lowest BCUT2D eigenvalue weighted by atomic mass is 9.85. The number of hydrogen-bond donors (Lipinski definition) is 1. The molecule has 0 aliphatic heterocycles. The van der Waals surface area contributed by atoms with Gasteiger partial charge in [-0.2, -0.15) is 0 Å². The van der Waals surface area contributed by atoms with E-state index in [9.17, 15) is 4.79 Å². The number of carbonyl (C=O) groups excluding carboxylic acids is 1. The van der Waals surface area contributed by atoms with Crippen LogP contribution >= 0.6 is 0 Å². The van der Waals surface area contributed by atoms with Crippen LogP contribution in [0.15, 0.2) is 91.0 Å². The Morgan fingerprint density at radius 3 is 1.71 bits per heavy atom. The summed E-state index contributed by atoms with van der Waals surface area (Å²) in [7, 11) is 0. The van der Waals surface area contributed by atoms with Crippen molar-refractivity contribution in [3.8, 4) is 0 Å². The second kappa shape index (κ2) is 5.97. The molecule has 0 bridgehead atoms. The number of benzene rings is 3. The number of carbonyl (C=O) groups is 1. The fourth-order valence-electron chi connectivity index (χ4n) is 3.61. The highest BCUT2D eigenvalue weighted by molar-refractivity contribution is 5.97. The summed E-state index contributed by atoms with van der Waals surface area (Å²) >= 11 is 0. The van der Waals surface area contributed by atoms with Crippen LogP contribution < -0.4 is 5.32 Å². The molecule has 0 aromatic heterocycles. The van der Waals surface area contributed by atoms with Gasteiger partial charge in [0.2, 0.25) is 5.91 Å². The van der Waals surface area contributed by atoms with Gasteiger partial charge in [-0.05, 0) is 29.7 Å². The van der Waals surface area contributed by atoms with Gasteiger partial charge in [0.05, 0.1) is 5.92 Å². The van der Waals surface area contributed by atoms with Crippen molar-refractivity contribution >= 4 is 11.6 Å². The largest absolute Gasteiger partial charge is 0.326 e. The first-order chi connectivity index (χ1) is 11.8. The molecular formula is C22H19NO. The zero-order valence-corrected chi connectivity index (χ0v) is 13.4. The van der Waals surface area contributed by atoms with Gasteiger partial charge in [0.15, 0.2) is 0 Å². The van der Waals surface area contributed by atoms with Gasteiger partial charge in [0, 0.05) is 11.1 Å². The first kappa shape index (κ1) is 14.7. The summed E-state index contributed by atoms with van der Waals surface area (Å²) in [6.45, 7) is 0. The minimum Gasteiger partial charge on any atom is -0.326 e. The molecule has 0 radical (unpaired) electrons. The predicted octanol–water partition coefficient (Wildman–Crippen LogP) is 4.63. The summed E-state index contributed by atoms with van der Waals surface area (Å²) in [5.41, 5.74) is 3.07. The Labute approximate surface area is 142 Å². The summed E-state index contributed by atoms with van der Waals surface area (Å²) in [5, 5.41) is 3.06.